The van der Waals surface area contributed by atoms with Gasteiger partial charge in [-0.2, -0.15) is 5.10 Å². The summed E-state index contributed by atoms with van der Waals surface area (Å²) in [5, 5.41) is 7.15. The number of benzene rings is 3. The summed E-state index contributed by atoms with van der Waals surface area (Å²) in [6, 6.07) is 23.5. The summed E-state index contributed by atoms with van der Waals surface area (Å²) < 4.78 is 26.9. The van der Waals surface area contributed by atoms with E-state index >= 15 is 0 Å². The molecule has 1 aliphatic heterocycles. The SMILES string of the molecule is Fc1ccc(/C=C2/CCC[C@@H]3C2=NN(c2ccccc2)[C@@H]3c2ccc(F)cc2)cc1. The first kappa shape index (κ1) is 18.7. The topological polar surface area (TPSA) is 15.6 Å². The second-order valence-electron chi connectivity index (χ2n) is 7.88. The van der Waals surface area contributed by atoms with E-state index in [2.05, 4.69) is 23.2 Å². The third-order valence-corrected chi connectivity index (χ3v) is 5.94. The van der Waals surface area contributed by atoms with E-state index in [-0.39, 0.29) is 23.6 Å². The number of halogens is 2. The monoisotopic (exact) mass is 400 g/mol. The zero-order valence-electron chi connectivity index (χ0n) is 16.5. The molecule has 0 unspecified atom stereocenters. The molecule has 4 heteroatoms. The van der Waals surface area contributed by atoms with Crippen molar-refractivity contribution in [3.05, 3.63) is 107 Å². The maximum atomic E-state index is 13.6. The van der Waals surface area contributed by atoms with Crippen LogP contribution in [0.5, 0.6) is 0 Å². The van der Waals surface area contributed by atoms with Gasteiger partial charge in [0.25, 0.3) is 0 Å². The lowest BCUT2D eigenvalue weighted by Gasteiger charge is -2.30. The zero-order chi connectivity index (χ0) is 20.5. The minimum atomic E-state index is -0.233. The number of hydrogen-bond acceptors (Lipinski definition) is 2. The van der Waals surface area contributed by atoms with E-state index in [0.717, 1.165) is 41.8 Å². The highest BCUT2D eigenvalue weighted by Crippen LogP contribution is 2.46. The van der Waals surface area contributed by atoms with Gasteiger partial charge >= 0.3 is 0 Å². The van der Waals surface area contributed by atoms with Gasteiger partial charge in [-0.15, -0.1) is 0 Å². The van der Waals surface area contributed by atoms with Crippen molar-refractivity contribution in [2.24, 2.45) is 11.0 Å². The number of hydrogen-bond donors (Lipinski definition) is 0. The van der Waals surface area contributed by atoms with Crippen LogP contribution in [0.25, 0.3) is 6.08 Å². The Kier molecular flexibility index (Phi) is 4.91. The largest absolute Gasteiger partial charge is 0.257 e. The number of rotatable bonds is 3. The van der Waals surface area contributed by atoms with Crippen molar-refractivity contribution in [2.75, 3.05) is 5.01 Å². The van der Waals surface area contributed by atoms with Crippen molar-refractivity contribution in [1.82, 2.24) is 0 Å². The summed E-state index contributed by atoms with van der Waals surface area (Å²) in [5.74, 6) is -0.232. The molecule has 2 nitrogen and oxygen atoms in total. The van der Waals surface area contributed by atoms with Crippen molar-refractivity contribution >= 4 is 17.5 Å². The van der Waals surface area contributed by atoms with Crippen LogP contribution in [-0.4, -0.2) is 5.71 Å². The van der Waals surface area contributed by atoms with Gasteiger partial charge in [0.2, 0.25) is 0 Å². The Morgan fingerprint density at radius 2 is 1.50 bits per heavy atom. The lowest BCUT2D eigenvalue weighted by atomic mass is 9.77. The number of anilines is 1. The van der Waals surface area contributed by atoms with Crippen LogP contribution in [0.2, 0.25) is 0 Å². The Morgan fingerprint density at radius 1 is 0.833 bits per heavy atom. The van der Waals surface area contributed by atoms with Crippen molar-refractivity contribution < 1.29 is 8.78 Å². The van der Waals surface area contributed by atoms with Gasteiger partial charge in [-0.05, 0) is 78.4 Å². The quantitative estimate of drug-likeness (QED) is 0.474. The second kappa shape index (κ2) is 7.86. The average Bonchev–Trinajstić information content (AvgIpc) is 3.17. The van der Waals surface area contributed by atoms with Crippen LogP contribution in [0.4, 0.5) is 14.5 Å². The van der Waals surface area contributed by atoms with Gasteiger partial charge in [-0.3, -0.25) is 5.01 Å². The highest BCUT2D eigenvalue weighted by molar-refractivity contribution is 6.08. The van der Waals surface area contributed by atoms with Crippen molar-refractivity contribution in [1.29, 1.82) is 0 Å². The lowest BCUT2D eigenvalue weighted by molar-refractivity contribution is 0.487. The van der Waals surface area contributed by atoms with E-state index in [0.29, 0.717) is 0 Å². The Balaban J connectivity index is 1.58. The molecule has 0 saturated heterocycles. The summed E-state index contributed by atoms with van der Waals surface area (Å²) in [6.45, 7) is 0. The van der Waals surface area contributed by atoms with E-state index in [4.69, 9.17) is 5.10 Å². The first-order chi connectivity index (χ1) is 14.7. The van der Waals surface area contributed by atoms with Crippen LogP contribution in [0, 0.1) is 17.6 Å². The highest BCUT2D eigenvalue weighted by atomic mass is 19.1. The molecule has 2 aliphatic rings. The normalized spacial score (nSPS) is 22.1. The lowest BCUT2D eigenvalue weighted by Crippen LogP contribution is -2.28. The third-order valence-electron chi connectivity index (χ3n) is 5.94. The first-order valence-electron chi connectivity index (χ1n) is 10.3. The molecular formula is C26H22F2N2. The van der Waals surface area contributed by atoms with Crippen LogP contribution in [-0.2, 0) is 0 Å². The van der Waals surface area contributed by atoms with Gasteiger partial charge in [0.05, 0.1) is 17.4 Å². The van der Waals surface area contributed by atoms with Crippen LogP contribution in [0.15, 0.2) is 89.5 Å². The van der Waals surface area contributed by atoms with Crippen molar-refractivity contribution in [2.45, 2.75) is 25.3 Å². The smallest absolute Gasteiger partial charge is 0.123 e. The molecule has 1 aliphatic carbocycles. The number of hydrazone groups is 1. The predicted octanol–water partition coefficient (Wildman–Crippen LogP) is 6.77. The van der Waals surface area contributed by atoms with E-state index in [1.165, 1.54) is 29.8 Å². The van der Waals surface area contributed by atoms with Crippen LogP contribution >= 0.6 is 0 Å². The molecule has 0 N–H and O–H groups in total. The summed E-state index contributed by atoms with van der Waals surface area (Å²) >= 11 is 0. The maximum absolute atomic E-state index is 13.6. The molecule has 0 spiro atoms. The molecule has 150 valence electrons. The van der Waals surface area contributed by atoms with Crippen LogP contribution in [0.3, 0.4) is 0 Å². The van der Waals surface area contributed by atoms with Crippen LogP contribution in [0.1, 0.15) is 36.4 Å². The van der Waals surface area contributed by atoms with E-state index < -0.39 is 0 Å². The van der Waals surface area contributed by atoms with Gasteiger partial charge < -0.3 is 0 Å². The Morgan fingerprint density at radius 3 is 2.20 bits per heavy atom. The molecule has 1 heterocycles. The summed E-state index contributed by atoms with van der Waals surface area (Å²) in [4.78, 5) is 0. The molecule has 1 saturated carbocycles. The Bertz CT molecular complexity index is 1090. The number of allylic oxidation sites excluding steroid dienone is 1. The number of fused-ring (bicyclic) bond motifs is 1. The standard InChI is InChI=1S/C26H22F2N2/c27-21-13-9-18(10-14-21)17-20-5-4-8-24-25(20)29-30(23-6-2-1-3-7-23)26(24)19-11-15-22(28)16-12-19/h1-3,6-7,9-17,24,26H,4-5,8H2/b20-17-/t24-,26-/m1/s1. The van der Waals surface area contributed by atoms with E-state index in [9.17, 15) is 8.78 Å². The summed E-state index contributed by atoms with van der Waals surface area (Å²) in [5.41, 5.74) is 5.35. The molecule has 0 amide bonds. The van der Waals surface area contributed by atoms with E-state index in [1.807, 2.05) is 30.3 Å². The molecule has 2 atom stereocenters. The Labute approximate surface area is 175 Å². The molecule has 0 bridgehead atoms. The van der Waals surface area contributed by atoms with E-state index in [1.54, 1.807) is 12.1 Å². The molecular weight excluding hydrogens is 378 g/mol. The predicted molar refractivity (Wildman–Crippen MR) is 117 cm³/mol. The minimum absolute atomic E-state index is 0.0277. The fourth-order valence-corrected chi connectivity index (χ4v) is 4.55. The van der Waals surface area contributed by atoms with Crippen molar-refractivity contribution in [3.63, 3.8) is 0 Å². The zero-order valence-corrected chi connectivity index (χ0v) is 16.5. The van der Waals surface area contributed by atoms with Gasteiger partial charge in [-0.1, -0.05) is 42.5 Å². The second-order valence-corrected chi connectivity index (χ2v) is 7.88. The summed E-state index contributed by atoms with van der Waals surface area (Å²) in [7, 11) is 0. The molecule has 1 fully saturated rings. The third kappa shape index (κ3) is 3.54. The number of para-hydroxylation sites is 1. The Hall–Kier alpha value is -3.27. The number of nitrogens with zero attached hydrogens (tertiary/aromatic N) is 2. The van der Waals surface area contributed by atoms with Gasteiger partial charge in [0, 0.05) is 5.92 Å². The molecule has 0 radical (unpaired) electrons. The molecule has 3 aromatic rings. The van der Waals surface area contributed by atoms with Crippen LogP contribution < -0.4 is 5.01 Å². The minimum Gasteiger partial charge on any atom is -0.257 e. The molecule has 30 heavy (non-hydrogen) atoms. The first-order valence-corrected chi connectivity index (χ1v) is 10.3. The average molecular weight is 400 g/mol. The van der Waals surface area contributed by atoms with Gasteiger partial charge in [-0.25, -0.2) is 8.78 Å². The highest BCUT2D eigenvalue weighted by Gasteiger charge is 2.41. The fourth-order valence-electron chi connectivity index (χ4n) is 4.55. The fraction of sp³-hybridized carbons (Fsp3) is 0.192. The maximum Gasteiger partial charge on any atom is 0.123 e. The molecule has 3 aromatic carbocycles. The van der Waals surface area contributed by atoms with Gasteiger partial charge in [0.15, 0.2) is 0 Å². The van der Waals surface area contributed by atoms with Crippen molar-refractivity contribution in [3.8, 4) is 0 Å². The van der Waals surface area contributed by atoms with Gasteiger partial charge in [0.1, 0.15) is 11.6 Å². The summed E-state index contributed by atoms with van der Waals surface area (Å²) in [6.07, 6.45) is 5.17. The molecule has 0 aromatic heterocycles. The molecule has 5 rings (SSSR count).